The lowest BCUT2D eigenvalue weighted by atomic mass is 10.2. The first-order valence-electron chi connectivity index (χ1n) is 9.96. The summed E-state index contributed by atoms with van der Waals surface area (Å²) < 4.78 is 0. The third-order valence-corrected chi connectivity index (χ3v) is 5.14. The van der Waals surface area contributed by atoms with Gasteiger partial charge in [-0.05, 0) is 25.5 Å². The monoisotopic (exact) mass is 501 g/mol. The van der Waals surface area contributed by atoms with Gasteiger partial charge in [-0.1, -0.05) is 18.2 Å². The molecule has 0 bridgehead atoms. The number of piperazine rings is 1. The fourth-order valence-corrected chi connectivity index (χ4v) is 3.63. The number of carbonyl (C=O) groups excluding carboxylic acids is 1. The van der Waals surface area contributed by atoms with Gasteiger partial charge >= 0.3 is 0 Å². The van der Waals surface area contributed by atoms with Crippen molar-refractivity contribution in [3.05, 3.63) is 30.3 Å². The third-order valence-electron chi connectivity index (χ3n) is 5.14. The van der Waals surface area contributed by atoms with Gasteiger partial charge in [0.15, 0.2) is 5.96 Å². The first-order valence-corrected chi connectivity index (χ1v) is 9.96. The van der Waals surface area contributed by atoms with Crippen LogP contribution < -0.4 is 10.2 Å². The lowest BCUT2D eigenvalue weighted by Gasteiger charge is -2.36. The van der Waals surface area contributed by atoms with Gasteiger partial charge in [0.05, 0.1) is 12.6 Å². The minimum atomic E-state index is -0.281. The number of carbonyl (C=O) groups is 1. The van der Waals surface area contributed by atoms with Crippen molar-refractivity contribution in [3.63, 3.8) is 0 Å². The number of aliphatic hydroxyl groups excluding tert-OH is 1. The fourth-order valence-electron chi connectivity index (χ4n) is 3.63. The van der Waals surface area contributed by atoms with Crippen molar-refractivity contribution in [3.8, 4) is 0 Å². The predicted molar refractivity (Wildman–Crippen MR) is 123 cm³/mol. The molecule has 28 heavy (non-hydrogen) atoms. The average Bonchev–Trinajstić information content (AvgIpc) is 3.14. The Labute approximate surface area is 184 Å². The summed E-state index contributed by atoms with van der Waals surface area (Å²) in [7, 11) is 0. The lowest BCUT2D eigenvalue weighted by Crippen LogP contribution is -2.49. The van der Waals surface area contributed by atoms with Gasteiger partial charge in [-0.15, -0.1) is 24.0 Å². The summed E-state index contributed by atoms with van der Waals surface area (Å²) in [6.07, 6.45) is 0.919. The summed E-state index contributed by atoms with van der Waals surface area (Å²) in [4.78, 5) is 23.4. The zero-order valence-corrected chi connectivity index (χ0v) is 18.9. The molecule has 0 aromatic heterocycles. The second-order valence-corrected chi connectivity index (χ2v) is 7.08. The lowest BCUT2D eigenvalue weighted by molar-refractivity contribution is -0.131. The van der Waals surface area contributed by atoms with Gasteiger partial charge in [0.2, 0.25) is 5.91 Å². The zero-order chi connectivity index (χ0) is 19.1. The van der Waals surface area contributed by atoms with E-state index in [0.29, 0.717) is 19.5 Å². The van der Waals surface area contributed by atoms with Crippen LogP contribution >= 0.6 is 24.0 Å². The number of aliphatic hydroxyl groups is 1. The Morgan fingerprint density at radius 3 is 2.46 bits per heavy atom. The SMILES string of the molecule is CCNC(=NCCC(=O)N1CCN(c2ccccc2)CC1)N1CC[C@@H](O)C1.I. The molecule has 8 heteroatoms. The molecule has 2 saturated heterocycles. The molecule has 0 radical (unpaired) electrons. The number of amides is 1. The number of hydrogen-bond donors (Lipinski definition) is 2. The molecule has 2 N–H and O–H groups in total. The Morgan fingerprint density at radius 2 is 1.86 bits per heavy atom. The molecule has 0 spiro atoms. The molecule has 3 rings (SSSR count). The maximum Gasteiger partial charge on any atom is 0.224 e. The molecule has 1 aromatic carbocycles. The molecular weight excluding hydrogens is 469 g/mol. The molecule has 7 nitrogen and oxygen atoms in total. The number of halogens is 1. The molecule has 156 valence electrons. The van der Waals surface area contributed by atoms with E-state index in [2.05, 4.69) is 32.2 Å². The van der Waals surface area contributed by atoms with Crippen LogP contribution in [0.25, 0.3) is 0 Å². The number of rotatable bonds is 5. The van der Waals surface area contributed by atoms with Crippen LogP contribution in [0.5, 0.6) is 0 Å². The number of para-hydroxylation sites is 1. The van der Waals surface area contributed by atoms with Crippen LogP contribution in [0.2, 0.25) is 0 Å². The van der Waals surface area contributed by atoms with Gasteiger partial charge in [-0.2, -0.15) is 0 Å². The van der Waals surface area contributed by atoms with Gasteiger partial charge < -0.3 is 25.1 Å². The number of benzene rings is 1. The second-order valence-electron chi connectivity index (χ2n) is 7.08. The van der Waals surface area contributed by atoms with E-state index in [-0.39, 0.29) is 36.0 Å². The number of nitrogens with zero attached hydrogens (tertiary/aromatic N) is 4. The number of aliphatic imine (C=N–C) groups is 1. The molecule has 1 amide bonds. The van der Waals surface area contributed by atoms with E-state index in [0.717, 1.165) is 51.6 Å². The molecule has 2 aliphatic rings. The normalized spacial score (nSPS) is 20.1. The molecule has 0 saturated carbocycles. The van der Waals surface area contributed by atoms with Crippen LogP contribution in [0.4, 0.5) is 5.69 Å². The van der Waals surface area contributed by atoms with Gasteiger partial charge in [0.1, 0.15) is 0 Å². The number of anilines is 1. The number of likely N-dealkylation sites (tertiary alicyclic amines) is 1. The standard InChI is InChI=1S/C20H31N5O2.HI/c1-2-21-20(25-11-9-18(26)16-25)22-10-8-19(27)24-14-12-23(13-15-24)17-6-4-3-5-7-17;/h3-7,18,26H,2,8-16H2,1H3,(H,21,22);1H/t18-;/m1./s1. The third kappa shape index (κ3) is 6.23. The molecule has 2 heterocycles. The molecular formula is C20H32IN5O2. The number of nitrogens with one attached hydrogen (secondary N) is 1. The molecule has 2 fully saturated rings. The number of β-amino-alcohol motifs (C(OH)–C–C–N with tert-alkyl or cyclic N) is 1. The fraction of sp³-hybridized carbons (Fsp3) is 0.600. The highest BCUT2D eigenvalue weighted by molar-refractivity contribution is 14.0. The van der Waals surface area contributed by atoms with Crippen molar-refractivity contribution in [2.75, 3.05) is 57.3 Å². The quantitative estimate of drug-likeness (QED) is 0.363. The number of hydrogen-bond acceptors (Lipinski definition) is 4. The first kappa shape index (κ1) is 22.7. The summed E-state index contributed by atoms with van der Waals surface area (Å²) >= 11 is 0. The molecule has 2 aliphatic heterocycles. The van der Waals surface area contributed by atoms with Crippen LogP contribution in [-0.2, 0) is 4.79 Å². The van der Waals surface area contributed by atoms with Crippen LogP contribution in [0, 0.1) is 0 Å². The predicted octanol–water partition coefficient (Wildman–Crippen LogP) is 1.38. The van der Waals surface area contributed by atoms with Gasteiger partial charge in [-0.3, -0.25) is 9.79 Å². The van der Waals surface area contributed by atoms with Crippen LogP contribution in [-0.4, -0.2) is 85.2 Å². The Balaban J connectivity index is 0.00000280. The van der Waals surface area contributed by atoms with Crippen molar-refractivity contribution in [1.82, 2.24) is 15.1 Å². The van der Waals surface area contributed by atoms with Crippen molar-refractivity contribution in [2.24, 2.45) is 4.99 Å². The van der Waals surface area contributed by atoms with Crippen molar-refractivity contribution < 1.29 is 9.90 Å². The summed E-state index contributed by atoms with van der Waals surface area (Å²) in [5, 5.41) is 13.0. The minimum Gasteiger partial charge on any atom is -0.391 e. The summed E-state index contributed by atoms with van der Waals surface area (Å²) in [6, 6.07) is 10.3. The van der Waals surface area contributed by atoms with E-state index in [9.17, 15) is 9.90 Å². The average molecular weight is 501 g/mol. The van der Waals surface area contributed by atoms with E-state index in [1.807, 2.05) is 30.0 Å². The minimum absolute atomic E-state index is 0. The topological polar surface area (TPSA) is 71.4 Å². The largest absolute Gasteiger partial charge is 0.391 e. The Bertz CT molecular complexity index is 635. The maximum atomic E-state index is 12.5. The highest BCUT2D eigenvalue weighted by atomic mass is 127. The van der Waals surface area contributed by atoms with E-state index in [1.54, 1.807) is 0 Å². The molecule has 0 unspecified atom stereocenters. The van der Waals surface area contributed by atoms with Crippen molar-refractivity contribution >= 4 is 41.5 Å². The summed E-state index contributed by atoms with van der Waals surface area (Å²) in [5.74, 6) is 0.972. The Kier molecular flexibility index (Phi) is 9.30. The van der Waals surface area contributed by atoms with E-state index < -0.39 is 0 Å². The smallest absolute Gasteiger partial charge is 0.224 e. The van der Waals surface area contributed by atoms with E-state index in [1.165, 1.54) is 5.69 Å². The summed E-state index contributed by atoms with van der Waals surface area (Å²) in [6.45, 7) is 7.96. The van der Waals surface area contributed by atoms with E-state index in [4.69, 9.17) is 0 Å². The second kappa shape index (κ2) is 11.5. The van der Waals surface area contributed by atoms with Gasteiger partial charge in [0.25, 0.3) is 0 Å². The van der Waals surface area contributed by atoms with Crippen molar-refractivity contribution in [1.29, 1.82) is 0 Å². The van der Waals surface area contributed by atoms with Crippen LogP contribution in [0.1, 0.15) is 19.8 Å². The Morgan fingerprint density at radius 1 is 1.14 bits per heavy atom. The van der Waals surface area contributed by atoms with Crippen LogP contribution in [0.15, 0.2) is 35.3 Å². The van der Waals surface area contributed by atoms with E-state index >= 15 is 0 Å². The van der Waals surface area contributed by atoms with Crippen molar-refractivity contribution in [2.45, 2.75) is 25.9 Å². The van der Waals surface area contributed by atoms with Gasteiger partial charge in [0, 0.05) is 57.9 Å². The number of guanidine groups is 1. The van der Waals surface area contributed by atoms with Gasteiger partial charge in [-0.25, -0.2) is 0 Å². The zero-order valence-electron chi connectivity index (χ0n) is 16.6. The van der Waals surface area contributed by atoms with Crippen LogP contribution in [0.3, 0.4) is 0 Å². The molecule has 1 atom stereocenters. The molecule has 1 aromatic rings. The maximum absolute atomic E-state index is 12.5. The Hall–Kier alpha value is -1.55. The summed E-state index contributed by atoms with van der Waals surface area (Å²) in [5.41, 5.74) is 1.22. The first-order chi connectivity index (χ1) is 13.2. The molecule has 0 aliphatic carbocycles. The highest BCUT2D eigenvalue weighted by Crippen LogP contribution is 2.16. The highest BCUT2D eigenvalue weighted by Gasteiger charge is 2.23.